The molecule has 10 heteroatoms. The van der Waals surface area contributed by atoms with Crippen molar-refractivity contribution in [1.29, 1.82) is 0 Å². The highest BCUT2D eigenvalue weighted by Crippen LogP contribution is 2.30. The van der Waals surface area contributed by atoms with Crippen molar-refractivity contribution in [3.8, 4) is 17.0 Å². The minimum Gasteiger partial charge on any atom is -0.406 e. The van der Waals surface area contributed by atoms with Gasteiger partial charge in [-0.2, -0.15) is 4.98 Å². The molecule has 1 aromatic heterocycles. The van der Waals surface area contributed by atoms with Crippen LogP contribution in [0, 0.1) is 0 Å². The number of hydrogen-bond donors (Lipinski definition) is 2. The Balaban J connectivity index is 1.40. The zero-order valence-electron chi connectivity index (χ0n) is 20.4. The van der Waals surface area contributed by atoms with Crippen LogP contribution >= 0.6 is 0 Å². The van der Waals surface area contributed by atoms with E-state index in [-0.39, 0.29) is 11.8 Å². The van der Waals surface area contributed by atoms with E-state index in [9.17, 15) is 13.2 Å². The Morgan fingerprint density at radius 2 is 1.68 bits per heavy atom. The third-order valence-electron chi connectivity index (χ3n) is 6.54. The first-order chi connectivity index (χ1) is 17.9. The standard InChI is InChI=1S/C27H30F3N5O2/c28-27(29,30)37-23-8-4-5-19(17-23)24-18-25(34-26(33-24)32-20-6-2-1-3-7-20)31-21-9-11-22(12-10-21)35-13-15-36-16-14-35/h4-5,8-12,17-18,20H,1-3,6-7,13-16H2,(H2,31,32,33,34). The van der Waals surface area contributed by atoms with Gasteiger partial charge in [0.1, 0.15) is 11.6 Å². The van der Waals surface area contributed by atoms with E-state index in [4.69, 9.17) is 4.74 Å². The molecule has 0 unspecified atom stereocenters. The summed E-state index contributed by atoms with van der Waals surface area (Å²) in [5, 5.41) is 6.76. The van der Waals surface area contributed by atoms with Crippen molar-refractivity contribution >= 4 is 23.1 Å². The van der Waals surface area contributed by atoms with Gasteiger partial charge >= 0.3 is 6.36 Å². The van der Waals surface area contributed by atoms with Crippen LogP contribution < -0.4 is 20.3 Å². The fourth-order valence-corrected chi connectivity index (χ4v) is 4.73. The molecule has 1 aliphatic carbocycles. The molecule has 196 valence electrons. The van der Waals surface area contributed by atoms with Crippen molar-refractivity contribution < 1.29 is 22.6 Å². The van der Waals surface area contributed by atoms with Gasteiger partial charge in [-0.25, -0.2) is 4.98 Å². The minimum absolute atomic E-state index is 0.268. The molecule has 2 N–H and O–H groups in total. The van der Waals surface area contributed by atoms with Crippen LogP contribution in [0.1, 0.15) is 32.1 Å². The number of halogens is 3. The maximum Gasteiger partial charge on any atom is 0.573 e. The van der Waals surface area contributed by atoms with E-state index in [0.717, 1.165) is 63.4 Å². The van der Waals surface area contributed by atoms with E-state index in [1.54, 1.807) is 12.1 Å². The highest BCUT2D eigenvalue weighted by atomic mass is 19.4. The van der Waals surface area contributed by atoms with Crippen LogP contribution in [-0.4, -0.2) is 48.7 Å². The van der Waals surface area contributed by atoms with E-state index in [2.05, 4.69) is 42.4 Å². The number of anilines is 4. The van der Waals surface area contributed by atoms with Gasteiger partial charge in [0.15, 0.2) is 0 Å². The fourth-order valence-electron chi connectivity index (χ4n) is 4.73. The van der Waals surface area contributed by atoms with Gasteiger partial charge in [-0.05, 0) is 49.2 Å². The molecule has 2 aromatic carbocycles. The molecule has 2 heterocycles. The second-order valence-corrected chi connectivity index (χ2v) is 9.29. The quantitative estimate of drug-likeness (QED) is 0.381. The summed E-state index contributed by atoms with van der Waals surface area (Å²) in [5.74, 6) is 0.696. The summed E-state index contributed by atoms with van der Waals surface area (Å²) in [7, 11) is 0. The van der Waals surface area contributed by atoms with Gasteiger partial charge in [0.05, 0.1) is 18.9 Å². The van der Waals surface area contributed by atoms with Crippen LogP contribution in [0.3, 0.4) is 0 Å². The van der Waals surface area contributed by atoms with Crippen LogP contribution in [0.25, 0.3) is 11.3 Å². The molecule has 3 aromatic rings. The van der Waals surface area contributed by atoms with Crippen LogP contribution in [0.4, 0.5) is 36.3 Å². The Morgan fingerprint density at radius 1 is 0.919 bits per heavy atom. The Kier molecular flexibility index (Phi) is 7.64. The maximum absolute atomic E-state index is 12.8. The van der Waals surface area contributed by atoms with Gasteiger partial charge in [-0.3, -0.25) is 0 Å². The molecular weight excluding hydrogens is 483 g/mol. The van der Waals surface area contributed by atoms with Crippen molar-refractivity contribution in [3.05, 3.63) is 54.6 Å². The number of hydrogen-bond acceptors (Lipinski definition) is 7. The molecule has 1 saturated heterocycles. The van der Waals surface area contributed by atoms with Crippen LogP contribution in [0.2, 0.25) is 0 Å². The van der Waals surface area contributed by atoms with Crippen molar-refractivity contribution in [2.45, 2.75) is 44.5 Å². The second kappa shape index (κ2) is 11.2. The number of alkyl halides is 3. The number of rotatable bonds is 7. The van der Waals surface area contributed by atoms with Gasteiger partial charge < -0.3 is 25.0 Å². The van der Waals surface area contributed by atoms with E-state index >= 15 is 0 Å². The number of aromatic nitrogens is 2. The van der Waals surface area contributed by atoms with Crippen molar-refractivity contribution in [1.82, 2.24) is 9.97 Å². The van der Waals surface area contributed by atoms with E-state index in [1.165, 1.54) is 24.6 Å². The monoisotopic (exact) mass is 513 g/mol. The maximum atomic E-state index is 12.8. The number of nitrogens with zero attached hydrogens (tertiary/aromatic N) is 3. The molecule has 0 radical (unpaired) electrons. The summed E-state index contributed by atoms with van der Waals surface area (Å²) in [6, 6.07) is 15.9. The molecule has 2 aliphatic rings. The van der Waals surface area contributed by atoms with Gasteiger partial charge in [0.2, 0.25) is 5.95 Å². The summed E-state index contributed by atoms with van der Waals surface area (Å²) in [4.78, 5) is 11.6. The van der Waals surface area contributed by atoms with Crippen molar-refractivity contribution in [2.24, 2.45) is 0 Å². The summed E-state index contributed by atoms with van der Waals surface area (Å²) in [5.41, 5.74) is 2.97. The molecule has 0 spiro atoms. The van der Waals surface area contributed by atoms with Crippen LogP contribution in [0.5, 0.6) is 5.75 Å². The first kappa shape index (κ1) is 25.1. The highest BCUT2D eigenvalue weighted by molar-refractivity contribution is 5.69. The normalized spacial score (nSPS) is 16.9. The van der Waals surface area contributed by atoms with Crippen LogP contribution in [-0.2, 0) is 4.74 Å². The lowest BCUT2D eigenvalue weighted by Crippen LogP contribution is -2.36. The number of morpholine rings is 1. The molecule has 0 bridgehead atoms. The van der Waals surface area contributed by atoms with Gasteiger partial charge in [-0.15, -0.1) is 13.2 Å². The molecule has 0 atom stereocenters. The van der Waals surface area contributed by atoms with Crippen molar-refractivity contribution in [3.63, 3.8) is 0 Å². The Hall–Kier alpha value is -3.53. The molecule has 0 amide bonds. The summed E-state index contributed by atoms with van der Waals surface area (Å²) >= 11 is 0. The first-order valence-corrected chi connectivity index (χ1v) is 12.6. The highest BCUT2D eigenvalue weighted by Gasteiger charge is 2.31. The summed E-state index contributed by atoms with van der Waals surface area (Å²) in [6.45, 7) is 3.15. The lowest BCUT2D eigenvalue weighted by Gasteiger charge is -2.29. The molecule has 2 fully saturated rings. The molecule has 1 saturated carbocycles. The summed E-state index contributed by atoms with van der Waals surface area (Å²) < 4.78 is 47.9. The smallest absolute Gasteiger partial charge is 0.406 e. The lowest BCUT2D eigenvalue weighted by molar-refractivity contribution is -0.274. The lowest BCUT2D eigenvalue weighted by atomic mass is 9.96. The van der Waals surface area contributed by atoms with Gasteiger partial charge in [0.25, 0.3) is 0 Å². The first-order valence-electron chi connectivity index (χ1n) is 12.6. The van der Waals surface area contributed by atoms with Gasteiger partial charge in [-0.1, -0.05) is 31.4 Å². The molecular formula is C27H30F3N5O2. The number of ether oxygens (including phenoxy) is 2. The zero-order valence-corrected chi connectivity index (χ0v) is 20.4. The van der Waals surface area contributed by atoms with E-state index in [0.29, 0.717) is 23.0 Å². The summed E-state index contributed by atoms with van der Waals surface area (Å²) in [6.07, 6.45) is 0.822. The number of nitrogens with one attached hydrogen (secondary N) is 2. The number of benzene rings is 2. The largest absolute Gasteiger partial charge is 0.573 e. The molecule has 1 aliphatic heterocycles. The Morgan fingerprint density at radius 3 is 2.41 bits per heavy atom. The predicted octanol–water partition coefficient (Wildman–Crippen LogP) is 6.37. The van der Waals surface area contributed by atoms with E-state index in [1.807, 2.05) is 12.1 Å². The third kappa shape index (κ3) is 7.03. The van der Waals surface area contributed by atoms with E-state index < -0.39 is 6.36 Å². The molecule has 37 heavy (non-hydrogen) atoms. The van der Waals surface area contributed by atoms with Crippen LogP contribution in [0.15, 0.2) is 54.6 Å². The zero-order chi connectivity index (χ0) is 25.7. The van der Waals surface area contributed by atoms with Gasteiger partial charge in [0, 0.05) is 42.1 Å². The Labute approximate surface area is 214 Å². The minimum atomic E-state index is -4.77. The average Bonchev–Trinajstić information content (AvgIpc) is 2.89. The topological polar surface area (TPSA) is 71.5 Å². The molecule has 5 rings (SSSR count). The SMILES string of the molecule is FC(F)(F)Oc1cccc(-c2cc(Nc3ccc(N4CCOCC4)cc3)nc(NC3CCCCC3)n2)c1. The van der Waals surface area contributed by atoms with Crippen molar-refractivity contribution in [2.75, 3.05) is 41.8 Å². The molecule has 7 nitrogen and oxygen atoms in total. The average molecular weight is 514 g/mol. The predicted molar refractivity (Wildman–Crippen MR) is 137 cm³/mol. The fraction of sp³-hybridized carbons (Fsp3) is 0.407. The third-order valence-corrected chi connectivity index (χ3v) is 6.54. The second-order valence-electron chi connectivity index (χ2n) is 9.29. The Bertz CT molecular complexity index is 1180.